The summed E-state index contributed by atoms with van der Waals surface area (Å²) >= 11 is -2.08. The van der Waals surface area contributed by atoms with Gasteiger partial charge in [0.05, 0.1) is 0 Å². The molecule has 0 aromatic heterocycles. The number of ether oxygens (including phenoxy) is 1. The van der Waals surface area contributed by atoms with Crippen LogP contribution in [0.4, 0.5) is 0 Å². The van der Waals surface area contributed by atoms with E-state index in [4.69, 9.17) is 4.74 Å². The predicted molar refractivity (Wildman–Crippen MR) is 55.8 cm³/mol. The molecule has 0 N–H and O–H groups in total. The van der Waals surface area contributed by atoms with Gasteiger partial charge < -0.3 is 9.29 Å². The predicted octanol–water partition coefficient (Wildman–Crippen LogP) is 1.97. The first-order valence-electron chi connectivity index (χ1n) is 4.44. The van der Waals surface area contributed by atoms with Crippen LogP contribution in [0.15, 0.2) is 35.2 Å². The van der Waals surface area contributed by atoms with Gasteiger partial charge in [0.2, 0.25) is 0 Å². The number of rotatable bonds is 3. The standard InChI is InChI=1S/C6H6O2S.C4H10O/c7-9(8)6-4-2-1-3-5-6;1-3-5-4-2/h1-5H,(H,7,8);3-4H2,1-2H3/p-1. The fourth-order valence-electron chi connectivity index (χ4n) is 0.736. The van der Waals surface area contributed by atoms with E-state index in [9.17, 15) is 8.76 Å². The molecule has 0 amide bonds. The molecule has 0 saturated heterocycles. The van der Waals surface area contributed by atoms with Crippen molar-refractivity contribution in [3.63, 3.8) is 0 Å². The number of benzene rings is 1. The molecular formula is C10H15O3S-. The molecule has 0 heterocycles. The Kier molecular flexibility index (Phi) is 8.42. The van der Waals surface area contributed by atoms with E-state index < -0.39 is 11.1 Å². The molecule has 1 unspecified atom stereocenters. The van der Waals surface area contributed by atoms with Crippen molar-refractivity contribution in [2.45, 2.75) is 18.7 Å². The summed E-state index contributed by atoms with van der Waals surface area (Å²) in [6.45, 7) is 5.67. The van der Waals surface area contributed by atoms with E-state index in [2.05, 4.69) is 0 Å². The van der Waals surface area contributed by atoms with Crippen LogP contribution in [0.3, 0.4) is 0 Å². The Hall–Kier alpha value is -0.710. The minimum Gasteiger partial charge on any atom is -0.768 e. The van der Waals surface area contributed by atoms with Crippen LogP contribution >= 0.6 is 0 Å². The molecular weight excluding hydrogens is 200 g/mol. The first kappa shape index (κ1) is 13.3. The summed E-state index contributed by atoms with van der Waals surface area (Å²) in [5, 5.41) is 0. The quantitative estimate of drug-likeness (QED) is 0.724. The SMILES string of the molecule is CCOCC.O=S([O-])c1ccccc1. The zero-order valence-electron chi connectivity index (χ0n) is 8.43. The second-order valence-electron chi connectivity index (χ2n) is 2.33. The van der Waals surface area contributed by atoms with Crippen LogP contribution in [0.5, 0.6) is 0 Å². The van der Waals surface area contributed by atoms with Crippen LogP contribution in [0.1, 0.15) is 13.8 Å². The van der Waals surface area contributed by atoms with E-state index in [-0.39, 0.29) is 0 Å². The highest BCUT2D eigenvalue weighted by atomic mass is 32.2. The Morgan fingerprint density at radius 3 is 1.93 bits per heavy atom. The Labute approximate surface area is 87.4 Å². The molecule has 80 valence electrons. The van der Waals surface area contributed by atoms with Crippen molar-refractivity contribution in [1.82, 2.24) is 0 Å². The molecule has 1 atom stereocenters. The smallest absolute Gasteiger partial charge is 0.0437 e. The van der Waals surface area contributed by atoms with Crippen LogP contribution in [0.2, 0.25) is 0 Å². The van der Waals surface area contributed by atoms with E-state index in [0.717, 1.165) is 13.2 Å². The molecule has 4 heteroatoms. The minimum atomic E-state index is -2.08. The molecule has 0 fully saturated rings. The van der Waals surface area contributed by atoms with Crippen molar-refractivity contribution in [2.24, 2.45) is 0 Å². The molecule has 1 aromatic rings. The van der Waals surface area contributed by atoms with Gasteiger partial charge in [-0.3, -0.25) is 4.21 Å². The second-order valence-corrected chi connectivity index (χ2v) is 3.27. The van der Waals surface area contributed by atoms with Crippen molar-refractivity contribution in [2.75, 3.05) is 13.2 Å². The average molecular weight is 215 g/mol. The average Bonchev–Trinajstić information content (AvgIpc) is 2.21. The van der Waals surface area contributed by atoms with Gasteiger partial charge in [0.15, 0.2) is 0 Å². The van der Waals surface area contributed by atoms with Gasteiger partial charge in [0, 0.05) is 18.1 Å². The van der Waals surface area contributed by atoms with Gasteiger partial charge in [-0.05, 0) is 37.1 Å². The topological polar surface area (TPSA) is 49.4 Å². The molecule has 0 bridgehead atoms. The molecule has 0 aliphatic heterocycles. The van der Waals surface area contributed by atoms with Gasteiger partial charge in [0.25, 0.3) is 0 Å². The Morgan fingerprint density at radius 1 is 1.21 bits per heavy atom. The molecule has 1 aromatic carbocycles. The monoisotopic (exact) mass is 215 g/mol. The van der Waals surface area contributed by atoms with Gasteiger partial charge in [-0.1, -0.05) is 18.2 Å². The van der Waals surface area contributed by atoms with E-state index in [1.807, 2.05) is 13.8 Å². The zero-order valence-corrected chi connectivity index (χ0v) is 9.25. The second kappa shape index (κ2) is 8.87. The van der Waals surface area contributed by atoms with Gasteiger partial charge in [0.1, 0.15) is 0 Å². The summed E-state index contributed by atoms with van der Waals surface area (Å²) in [6.07, 6.45) is 0. The summed E-state index contributed by atoms with van der Waals surface area (Å²) in [4.78, 5) is 0.331. The van der Waals surface area contributed by atoms with Crippen LogP contribution in [-0.4, -0.2) is 22.0 Å². The van der Waals surface area contributed by atoms with Crippen molar-refractivity contribution in [3.05, 3.63) is 30.3 Å². The molecule has 3 nitrogen and oxygen atoms in total. The third-order valence-electron chi connectivity index (χ3n) is 1.34. The van der Waals surface area contributed by atoms with E-state index >= 15 is 0 Å². The van der Waals surface area contributed by atoms with Gasteiger partial charge in [-0.25, -0.2) is 0 Å². The molecule has 14 heavy (non-hydrogen) atoms. The maximum atomic E-state index is 10.2. The van der Waals surface area contributed by atoms with Gasteiger partial charge >= 0.3 is 0 Å². The molecule has 1 rings (SSSR count). The lowest BCUT2D eigenvalue weighted by Crippen LogP contribution is -1.85. The molecule has 0 saturated carbocycles. The third kappa shape index (κ3) is 6.77. The van der Waals surface area contributed by atoms with Crippen LogP contribution < -0.4 is 0 Å². The highest BCUT2D eigenvalue weighted by Gasteiger charge is 1.84. The van der Waals surface area contributed by atoms with Crippen molar-refractivity contribution >= 4 is 11.1 Å². The van der Waals surface area contributed by atoms with Crippen LogP contribution in [0.25, 0.3) is 0 Å². The Balaban J connectivity index is 0.000000292. The maximum absolute atomic E-state index is 10.2. The summed E-state index contributed by atoms with van der Waals surface area (Å²) in [5.41, 5.74) is 0. The summed E-state index contributed by atoms with van der Waals surface area (Å²) in [7, 11) is 0. The first-order chi connectivity index (χ1) is 6.72. The van der Waals surface area contributed by atoms with Gasteiger partial charge in [-0.15, -0.1) is 0 Å². The number of hydrogen-bond acceptors (Lipinski definition) is 3. The van der Waals surface area contributed by atoms with E-state index in [1.54, 1.807) is 30.3 Å². The maximum Gasteiger partial charge on any atom is 0.0437 e. The fourth-order valence-corrected chi connectivity index (χ4v) is 1.12. The fraction of sp³-hybridized carbons (Fsp3) is 0.400. The van der Waals surface area contributed by atoms with Crippen molar-refractivity contribution < 1.29 is 13.5 Å². The van der Waals surface area contributed by atoms with Gasteiger partial charge in [-0.2, -0.15) is 0 Å². The van der Waals surface area contributed by atoms with Crippen LogP contribution in [-0.2, 0) is 15.8 Å². The Bertz CT molecular complexity index is 247. The van der Waals surface area contributed by atoms with Crippen LogP contribution in [0, 0.1) is 0 Å². The molecule has 0 aliphatic rings. The largest absolute Gasteiger partial charge is 0.768 e. The van der Waals surface area contributed by atoms with Crippen molar-refractivity contribution in [1.29, 1.82) is 0 Å². The summed E-state index contributed by atoms with van der Waals surface area (Å²) in [5.74, 6) is 0. The van der Waals surface area contributed by atoms with Crippen molar-refractivity contribution in [3.8, 4) is 0 Å². The van der Waals surface area contributed by atoms with E-state index in [0.29, 0.717) is 4.90 Å². The normalized spacial score (nSPS) is 11.4. The molecule has 0 aliphatic carbocycles. The summed E-state index contributed by atoms with van der Waals surface area (Å²) in [6, 6.07) is 8.23. The molecule has 0 spiro atoms. The summed E-state index contributed by atoms with van der Waals surface area (Å²) < 4.78 is 25.2. The Morgan fingerprint density at radius 2 is 1.71 bits per heavy atom. The minimum absolute atomic E-state index is 0.331. The number of hydrogen-bond donors (Lipinski definition) is 0. The lowest BCUT2D eigenvalue weighted by atomic mass is 10.4. The zero-order chi connectivity index (χ0) is 10.8. The molecule has 0 radical (unpaired) electrons. The highest BCUT2D eigenvalue weighted by Crippen LogP contribution is 2.00. The first-order valence-corrected chi connectivity index (χ1v) is 5.51. The lowest BCUT2D eigenvalue weighted by molar-refractivity contribution is 0.162. The van der Waals surface area contributed by atoms with E-state index in [1.165, 1.54) is 0 Å². The third-order valence-corrected chi connectivity index (χ3v) is 2.00. The lowest BCUT2D eigenvalue weighted by Gasteiger charge is -2.01. The highest BCUT2D eigenvalue weighted by molar-refractivity contribution is 7.79.